The number of nitrogens with zero attached hydrogens (tertiary/aromatic N) is 1. The molecule has 3 atom stereocenters. The largest absolute Gasteiger partial charge is 0.391 e. The van der Waals surface area contributed by atoms with Crippen molar-refractivity contribution in [2.24, 2.45) is 17.3 Å². The minimum atomic E-state index is -0.184. The molecule has 2 heteroatoms. The molecule has 15 heavy (non-hydrogen) atoms. The molecule has 0 radical (unpaired) electrons. The zero-order chi connectivity index (χ0) is 11.1. The molecular formula is C13H25NO. The molecule has 0 spiro atoms. The van der Waals surface area contributed by atoms with Crippen molar-refractivity contribution in [1.82, 2.24) is 4.90 Å². The van der Waals surface area contributed by atoms with Gasteiger partial charge in [0.15, 0.2) is 0 Å². The number of likely N-dealkylation sites (tertiary alicyclic amines) is 1. The van der Waals surface area contributed by atoms with Crippen molar-refractivity contribution >= 4 is 0 Å². The summed E-state index contributed by atoms with van der Waals surface area (Å²) < 4.78 is 0. The van der Waals surface area contributed by atoms with Crippen LogP contribution in [0.15, 0.2) is 0 Å². The lowest BCUT2D eigenvalue weighted by molar-refractivity contribution is 0.0326. The summed E-state index contributed by atoms with van der Waals surface area (Å²) in [5, 5.41) is 10.1. The van der Waals surface area contributed by atoms with Crippen molar-refractivity contribution in [3.05, 3.63) is 0 Å². The Labute approximate surface area is 93.7 Å². The van der Waals surface area contributed by atoms with E-state index in [-0.39, 0.29) is 11.5 Å². The number of aliphatic hydroxyl groups excluding tert-OH is 1. The molecule has 2 aliphatic rings. The number of hydrogen-bond acceptors (Lipinski definition) is 2. The molecule has 0 bridgehead atoms. The predicted molar refractivity (Wildman–Crippen MR) is 62.7 cm³/mol. The summed E-state index contributed by atoms with van der Waals surface area (Å²) in [4.78, 5) is 2.48. The Morgan fingerprint density at radius 3 is 2.20 bits per heavy atom. The highest BCUT2D eigenvalue weighted by molar-refractivity contribution is 4.90. The Morgan fingerprint density at radius 2 is 1.73 bits per heavy atom. The van der Waals surface area contributed by atoms with E-state index in [1.165, 1.54) is 32.4 Å². The van der Waals surface area contributed by atoms with E-state index in [1.54, 1.807) is 0 Å². The van der Waals surface area contributed by atoms with Crippen LogP contribution in [0.1, 0.15) is 40.0 Å². The predicted octanol–water partition coefficient (Wildman–Crippen LogP) is 2.13. The Bertz CT molecular complexity index is 209. The van der Waals surface area contributed by atoms with Crippen LogP contribution in [-0.4, -0.2) is 35.7 Å². The highest BCUT2D eigenvalue weighted by Crippen LogP contribution is 2.38. The number of hydrogen-bond donors (Lipinski definition) is 1. The first-order valence-corrected chi connectivity index (χ1v) is 6.37. The second-order valence-corrected chi connectivity index (χ2v) is 6.55. The van der Waals surface area contributed by atoms with Gasteiger partial charge in [0.1, 0.15) is 0 Å². The highest BCUT2D eigenvalue weighted by Gasteiger charge is 2.37. The van der Waals surface area contributed by atoms with Gasteiger partial charge in [-0.05, 0) is 30.1 Å². The molecule has 0 aromatic carbocycles. The van der Waals surface area contributed by atoms with Crippen LogP contribution < -0.4 is 0 Å². The summed E-state index contributed by atoms with van der Waals surface area (Å²) in [5.41, 5.74) is 0.0255. The van der Waals surface area contributed by atoms with Gasteiger partial charge in [-0.3, -0.25) is 0 Å². The molecule has 1 aliphatic heterocycles. The minimum absolute atomic E-state index is 0.0255. The monoisotopic (exact) mass is 211 g/mol. The fourth-order valence-electron chi connectivity index (χ4n) is 3.00. The maximum Gasteiger partial charge on any atom is 0.0715 e. The average molecular weight is 211 g/mol. The molecule has 1 saturated carbocycles. The van der Waals surface area contributed by atoms with Gasteiger partial charge >= 0.3 is 0 Å². The first-order chi connectivity index (χ1) is 6.97. The third-order valence-corrected chi connectivity index (χ3v) is 4.23. The second-order valence-electron chi connectivity index (χ2n) is 6.55. The Balaban J connectivity index is 1.82. The van der Waals surface area contributed by atoms with Crippen molar-refractivity contribution < 1.29 is 5.11 Å². The SMILES string of the molecule is CC(C)(C)C(O)CN1CC2CCCC2C1. The van der Waals surface area contributed by atoms with Gasteiger partial charge in [-0.15, -0.1) is 0 Å². The number of fused-ring (bicyclic) bond motifs is 1. The van der Waals surface area contributed by atoms with Crippen LogP contribution in [-0.2, 0) is 0 Å². The van der Waals surface area contributed by atoms with Gasteiger partial charge in [0.2, 0.25) is 0 Å². The van der Waals surface area contributed by atoms with Gasteiger partial charge in [0, 0.05) is 19.6 Å². The van der Waals surface area contributed by atoms with Crippen LogP contribution in [0.25, 0.3) is 0 Å². The number of β-amino-alcohol motifs (C(OH)–C–C–N with tert-alkyl or cyclic N) is 1. The van der Waals surface area contributed by atoms with Gasteiger partial charge in [0.05, 0.1) is 6.10 Å². The van der Waals surface area contributed by atoms with Crippen LogP contribution >= 0.6 is 0 Å². The van der Waals surface area contributed by atoms with Crippen LogP contribution in [0.3, 0.4) is 0 Å². The van der Waals surface area contributed by atoms with E-state index >= 15 is 0 Å². The summed E-state index contributed by atoms with van der Waals surface area (Å²) in [6.45, 7) is 9.70. The first-order valence-electron chi connectivity index (χ1n) is 6.37. The maximum absolute atomic E-state index is 10.1. The number of aliphatic hydroxyl groups is 1. The van der Waals surface area contributed by atoms with Crippen molar-refractivity contribution in [2.75, 3.05) is 19.6 Å². The van der Waals surface area contributed by atoms with Gasteiger partial charge in [-0.1, -0.05) is 27.2 Å². The average Bonchev–Trinajstić information content (AvgIpc) is 2.61. The normalized spacial score (nSPS) is 34.4. The van der Waals surface area contributed by atoms with Gasteiger partial charge in [-0.2, -0.15) is 0 Å². The van der Waals surface area contributed by atoms with Crippen LogP contribution in [0.2, 0.25) is 0 Å². The van der Waals surface area contributed by atoms with E-state index in [2.05, 4.69) is 25.7 Å². The lowest BCUT2D eigenvalue weighted by atomic mass is 9.89. The zero-order valence-corrected chi connectivity index (χ0v) is 10.4. The van der Waals surface area contributed by atoms with Gasteiger partial charge in [-0.25, -0.2) is 0 Å². The van der Waals surface area contributed by atoms with Crippen molar-refractivity contribution in [1.29, 1.82) is 0 Å². The van der Waals surface area contributed by atoms with E-state index in [9.17, 15) is 5.11 Å². The summed E-state index contributed by atoms with van der Waals surface area (Å²) in [5.74, 6) is 1.88. The maximum atomic E-state index is 10.1. The lowest BCUT2D eigenvalue weighted by Crippen LogP contribution is -2.38. The summed E-state index contributed by atoms with van der Waals surface area (Å²) >= 11 is 0. The molecule has 1 aliphatic carbocycles. The van der Waals surface area contributed by atoms with Gasteiger partial charge < -0.3 is 10.0 Å². The first kappa shape index (κ1) is 11.4. The zero-order valence-electron chi connectivity index (χ0n) is 10.4. The molecule has 88 valence electrons. The van der Waals surface area contributed by atoms with Crippen molar-refractivity contribution in [3.8, 4) is 0 Å². The molecule has 2 fully saturated rings. The number of rotatable bonds is 2. The molecular weight excluding hydrogens is 186 g/mol. The molecule has 0 amide bonds. The smallest absolute Gasteiger partial charge is 0.0715 e. The molecule has 1 N–H and O–H groups in total. The van der Waals surface area contributed by atoms with E-state index in [4.69, 9.17) is 0 Å². The Hall–Kier alpha value is -0.0800. The third kappa shape index (κ3) is 2.54. The van der Waals surface area contributed by atoms with Crippen LogP contribution in [0, 0.1) is 17.3 Å². The summed E-state index contributed by atoms with van der Waals surface area (Å²) in [7, 11) is 0. The Morgan fingerprint density at radius 1 is 1.20 bits per heavy atom. The second kappa shape index (κ2) is 4.06. The molecule has 2 rings (SSSR count). The molecule has 3 unspecified atom stereocenters. The van der Waals surface area contributed by atoms with E-state index < -0.39 is 0 Å². The fourth-order valence-corrected chi connectivity index (χ4v) is 3.00. The summed E-state index contributed by atoms with van der Waals surface area (Å²) in [6, 6.07) is 0. The van der Waals surface area contributed by atoms with Crippen molar-refractivity contribution in [3.63, 3.8) is 0 Å². The summed E-state index contributed by atoms with van der Waals surface area (Å²) in [6.07, 6.45) is 4.10. The van der Waals surface area contributed by atoms with E-state index in [1.807, 2.05) is 0 Å². The lowest BCUT2D eigenvalue weighted by Gasteiger charge is -2.30. The molecule has 1 heterocycles. The standard InChI is InChI=1S/C13H25NO/c1-13(2,3)12(15)9-14-7-10-5-4-6-11(10)8-14/h10-12,15H,4-9H2,1-3H3. The highest BCUT2D eigenvalue weighted by atomic mass is 16.3. The van der Waals surface area contributed by atoms with Crippen LogP contribution in [0.4, 0.5) is 0 Å². The van der Waals surface area contributed by atoms with Crippen LogP contribution in [0.5, 0.6) is 0 Å². The molecule has 0 aromatic heterocycles. The molecule has 1 saturated heterocycles. The molecule has 2 nitrogen and oxygen atoms in total. The van der Waals surface area contributed by atoms with Crippen molar-refractivity contribution in [2.45, 2.75) is 46.1 Å². The van der Waals surface area contributed by atoms with E-state index in [0.717, 1.165) is 18.4 Å². The quantitative estimate of drug-likeness (QED) is 0.756. The van der Waals surface area contributed by atoms with Gasteiger partial charge in [0.25, 0.3) is 0 Å². The fraction of sp³-hybridized carbons (Fsp3) is 1.00. The third-order valence-electron chi connectivity index (χ3n) is 4.23. The minimum Gasteiger partial charge on any atom is -0.391 e. The Kier molecular flexibility index (Phi) is 3.09. The topological polar surface area (TPSA) is 23.5 Å². The van der Waals surface area contributed by atoms with E-state index in [0.29, 0.717) is 0 Å². The molecule has 0 aromatic rings.